The highest BCUT2D eigenvalue weighted by molar-refractivity contribution is 5.98. The van der Waals surface area contributed by atoms with Crippen LogP contribution in [0.1, 0.15) is 27.4 Å². The second kappa shape index (κ2) is 10.4. The third kappa shape index (κ3) is 5.50. The van der Waals surface area contributed by atoms with Crippen LogP contribution in [-0.4, -0.2) is 61.3 Å². The van der Waals surface area contributed by atoms with Gasteiger partial charge in [-0.25, -0.2) is 9.59 Å². The van der Waals surface area contributed by atoms with Crippen molar-refractivity contribution in [2.24, 2.45) is 0 Å². The SMILES string of the molecule is CN(C)C[C@H](NC(=O)c1cccc(NC(=O)OCC2c3ccccc3-c3ccccc32)c1)C(=O)O. The molecule has 0 aromatic heterocycles. The minimum Gasteiger partial charge on any atom is -0.480 e. The fourth-order valence-electron chi connectivity index (χ4n) is 4.28. The zero-order chi connectivity index (χ0) is 24.9. The fourth-order valence-corrected chi connectivity index (χ4v) is 4.28. The van der Waals surface area contributed by atoms with Gasteiger partial charge in [-0.15, -0.1) is 0 Å². The monoisotopic (exact) mass is 473 g/mol. The Labute approximate surface area is 203 Å². The number of fused-ring (bicyclic) bond motifs is 3. The number of rotatable bonds is 8. The summed E-state index contributed by atoms with van der Waals surface area (Å²) in [5.41, 5.74) is 5.12. The maximum Gasteiger partial charge on any atom is 0.411 e. The number of carboxylic acids is 1. The number of anilines is 1. The molecule has 8 heteroatoms. The van der Waals surface area contributed by atoms with E-state index in [9.17, 15) is 19.5 Å². The number of aliphatic carboxylic acids is 1. The molecule has 0 radical (unpaired) electrons. The zero-order valence-corrected chi connectivity index (χ0v) is 19.5. The van der Waals surface area contributed by atoms with Crippen molar-refractivity contribution in [2.45, 2.75) is 12.0 Å². The van der Waals surface area contributed by atoms with Crippen LogP contribution in [0.5, 0.6) is 0 Å². The van der Waals surface area contributed by atoms with Crippen LogP contribution in [0.15, 0.2) is 72.8 Å². The molecule has 180 valence electrons. The van der Waals surface area contributed by atoms with E-state index in [-0.39, 0.29) is 24.6 Å². The van der Waals surface area contributed by atoms with Gasteiger partial charge in [-0.05, 0) is 54.5 Å². The van der Waals surface area contributed by atoms with Gasteiger partial charge in [0.25, 0.3) is 5.91 Å². The molecule has 1 aliphatic rings. The number of hydrogen-bond donors (Lipinski definition) is 3. The van der Waals surface area contributed by atoms with E-state index in [1.807, 2.05) is 36.4 Å². The summed E-state index contributed by atoms with van der Waals surface area (Å²) in [6.07, 6.45) is -0.638. The molecule has 3 aromatic rings. The Bertz CT molecular complexity index is 1210. The lowest BCUT2D eigenvalue weighted by molar-refractivity contribution is -0.139. The number of nitrogens with one attached hydrogen (secondary N) is 2. The molecule has 3 aromatic carbocycles. The summed E-state index contributed by atoms with van der Waals surface area (Å²) < 4.78 is 5.55. The number of carbonyl (C=O) groups excluding carboxylic acids is 2. The lowest BCUT2D eigenvalue weighted by Gasteiger charge is -2.19. The second-order valence-corrected chi connectivity index (χ2v) is 8.66. The molecule has 0 saturated heterocycles. The Hall–Kier alpha value is -4.17. The van der Waals surface area contributed by atoms with Gasteiger partial charge in [-0.3, -0.25) is 10.1 Å². The fraction of sp³-hybridized carbons (Fsp3) is 0.222. The van der Waals surface area contributed by atoms with Gasteiger partial charge >= 0.3 is 12.1 Å². The molecule has 4 rings (SSSR count). The van der Waals surface area contributed by atoms with Crippen LogP contribution in [-0.2, 0) is 9.53 Å². The van der Waals surface area contributed by atoms with Crippen LogP contribution in [0.3, 0.4) is 0 Å². The largest absolute Gasteiger partial charge is 0.480 e. The summed E-state index contributed by atoms with van der Waals surface area (Å²) in [6.45, 7) is 0.323. The summed E-state index contributed by atoms with van der Waals surface area (Å²) in [5.74, 6) is -1.73. The Morgan fingerprint density at radius 1 is 0.943 bits per heavy atom. The lowest BCUT2D eigenvalue weighted by Crippen LogP contribution is -2.46. The number of hydrogen-bond acceptors (Lipinski definition) is 5. The first kappa shape index (κ1) is 24.0. The first-order valence-corrected chi connectivity index (χ1v) is 11.2. The van der Waals surface area contributed by atoms with E-state index in [0.717, 1.165) is 22.3 Å². The highest BCUT2D eigenvalue weighted by Crippen LogP contribution is 2.44. The average Bonchev–Trinajstić information content (AvgIpc) is 3.16. The first-order valence-electron chi connectivity index (χ1n) is 11.2. The molecule has 0 heterocycles. The van der Waals surface area contributed by atoms with E-state index in [1.54, 1.807) is 37.2 Å². The maximum absolute atomic E-state index is 12.6. The van der Waals surface area contributed by atoms with Crippen LogP contribution in [0, 0.1) is 0 Å². The van der Waals surface area contributed by atoms with E-state index in [2.05, 4.69) is 22.8 Å². The van der Waals surface area contributed by atoms with Crippen molar-refractivity contribution in [1.29, 1.82) is 0 Å². The predicted molar refractivity (Wildman–Crippen MR) is 133 cm³/mol. The molecule has 0 unspecified atom stereocenters. The van der Waals surface area contributed by atoms with E-state index >= 15 is 0 Å². The van der Waals surface area contributed by atoms with Crippen LogP contribution in [0.2, 0.25) is 0 Å². The normalized spacial score (nSPS) is 13.0. The molecule has 0 aliphatic heterocycles. The number of carboxylic acid groups (broad SMARTS) is 1. The highest BCUT2D eigenvalue weighted by Gasteiger charge is 2.29. The van der Waals surface area contributed by atoms with E-state index in [4.69, 9.17) is 4.74 Å². The molecular formula is C27H27N3O5. The zero-order valence-electron chi connectivity index (χ0n) is 19.5. The number of benzene rings is 3. The van der Waals surface area contributed by atoms with Gasteiger partial charge in [0, 0.05) is 23.7 Å². The summed E-state index contributed by atoms with van der Waals surface area (Å²) in [6, 6.07) is 21.4. The van der Waals surface area contributed by atoms with Crippen molar-refractivity contribution >= 4 is 23.7 Å². The summed E-state index contributed by atoms with van der Waals surface area (Å²) >= 11 is 0. The first-order chi connectivity index (χ1) is 16.8. The maximum atomic E-state index is 12.6. The Morgan fingerprint density at radius 3 is 2.17 bits per heavy atom. The smallest absolute Gasteiger partial charge is 0.411 e. The van der Waals surface area contributed by atoms with Crippen molar-refractivity contribution in [3.63, 3.8) is 0 Å². The Kier molecular flexibility index (Phi) is 7.12. The van der Waals surface area contributed by atoms with Gasteiger partial charge < -0.3 is 20.1 Å². The van der Waals surface area contributed by atoms with Crippen LogP contribution in [0.4, 0.5) is 10.5 Å². The van der Waals surface area contributed by atoms with Gasteiger partial charge in [0.05, 0.1) is 0 Å². The molecule has 0 bridgehead atoms. The van der Waals surface area contributed by atoms with E-state index < -0.39 is 24.0 Å². The quantitative estimate of drug-likeness (QED) is 0.459. The molecule has 3 N–H and O–H groups in total. The Balaban J connectivity index is 1.39. The van der Waals surface area contributed by atoms with Crippen LogP contribution >= 0.6 is 0 Å². The second-order valence-electron chi connectivity index (χ2n) is 8.66. The molecule has 8 nitrogen and oxygen atoms in total. The van der Waals surface area contributed by atoms with E-state index in [1.165, 1.54) is 6.07 Å². The molecule has 1 aliphatic carbocycles. The Morgan fingerprint density at radius 2 is 1.57 bits per heavy atom. The molecule has 35 heavy (non-hydrogen) atoms. The summed E-state index contributed by atoms with van der Waals surface area (Å²) in [4.78, 5) is 38.2. The standard InChI is InChI=1S/C27H27N3O5/c1-30(2)15-24(26(32)33)29-25(31)17-8-7-9-18(14-17)28-27(34)35-16-23-21-12-5-3-10-19(21)20-11-4-6-13-22(20)23/h3-14,23-24H,15-16H2,1-2H3,(H,28,34)(H,29,31)(H,32,33)/t24-/m0/s1. The van der Waals surface area contributed by atoms with Crippen LogP contribution < -0.4 is 10.6 Å². The third-order valence-electron chi connectivity index (χ3n) is 5.87. The molecule has 1 atom stereocenters. The van der Waals surface area contributed by atoms with Crippen molar-refractivity contribution in [1.82, 2.24) is 10.2 Å². The topological polar surface area (TPSA) is 108 Å². The van der Waals surface area contributed by atoms with Gasteiger partial charge in [-0.1, -0.05) is 54.6 Å². The van der Waals surface area contributed by atoms with Gasteiger partial charge in [-0.2, -0.15) is 0 Å². The molecule has 2 amide bonds. The van der Waals surface area contributed by atoms with Crippen LogP contribution in [0.25, 0.3) is 11.1 Å². The van der Waals surface area contributed by atoms with Gasteiger partial charge in [0.15, 0.2) is 0 Å². The molecule has 0 spiro atoms. The number of likely N-dealkylation sites (N-methyl/N-ethyl adjacent to an activating group) is 1. The average molecular weight is 474 g/mol. The summed E-state index contributed by atoms with van der Waals surface area (Å²) in [5, 5.41) is 14.5. The third-order valence-corrected chi connectivity index (χ3v) is 5.87. The molecule has 0 fully saturated rings. The van der Waals surface area contributed by atoms with Crippen molar-refractivity contribution in [3.8, 4) is 11.1 Å². The van der Waals surface area contributed by atoms with Crippen molar-refractivity contribution in [2.75, 3.05) is 32.6 Å². The summed E-state index contributed by atoms with van der Waals surface area (Å²) in [7, 11) is 3.45. The van der Waals surface area contributed by atoms with Crippen molar-refractivity contribution in [3.05, 3.63) is 89.5 Å². The van der Waals surface area contributed by atoms with Crippen molar-refractivity contribution < 1.29 is 24.2 Å². The van der Waals surface area contributed by atoms with E-state index in [0.29, 0.717) is 5.69 Å². The number of nitrogens with zero attached hydrogens (tertiary/aromatic N) is 1. The minimum absolute atomic E-state index is 0.0603. The predicted octanol–water partition coefficient (Wildman–Crippen LogP) is 3.79. The van der Waals surface area contributed by atoms with Gasteiger partial charge in [0.2, 0.25) is 0 Å². The molecule has 0 saturated carbocycles. The number of carbonyl (C=O) groups is 3. The van der Waals surface area contributed by atoms with Gasteiger partial charge in [0.1, 0.15) is 12.6 Å². The number of ether oxygens (including phenoxy) is 1. The number of amides is 2. The molecular weight excluding hydrogens is 446 g/mol. The minimum atomic E-state index is -1.13. The highest BCUT2D eigenvalue weighted by atomic mass is 16.5. The lowest BCUT2D eigenvalue weighted by atomic mass is 9.98.